The molecule has 146 valence electrons. The number of nitrogens with zero attached hydrogens (tertiary/aromatic N) is 3. The first kappa shape index (κ1) is 19.4. The summed E-state index contributed by atoms with van der Waals surface area (Å²) in [6, 6.07) is 15.9. The van der Waals surface area contributed by atoms with Gasteiger partial charge in [0, 0.05) is 54.9 Å². The van der Waals surface area contributed by atoms with Crippen LogP contribution in [0.3, 0.4) is 0 Å². The molecule has 2 aliphatic rings. The monoisotopic (exact) mass is 413 g/mol. The minimum absolute atomic E-state index is 0.0479. The molecule has 2 aromatic carbocycles. The Kier molecular flexibility index (Phi) is 5.95. The van der Waals surface area contributed by atoms with Crippen molar-refractivity contribution >= 4 is 46.7 Å². The van der Waals surface area contributed by atoms with E-state index in [-0.39, 0.29) is 5.91 Å². The highest BCUT2D eigenvalue weighted by atomic mass is 35.5. The zero-order valence-electron chi connectivity index (χ0n) is 16.0. The van der Waals surface area contributed by atoms with E-state index in [1.165, 1.54) is 5.69 Å². The van der Waals surface area contributed by atoms with Crippen LogP contribution < -0.4 is 9.80 Å². The summed E-state index contributed by atoms with van der Waals surface area (Å²) in [5, 5.41) is 0.648. The first-order valence-corrected chi connectivity index (χ1v) is 10.9. The van der Waals surface area contributed by atoms with Gasteiger partial charge in [-0.2, -0.15) is 0 Å². The zero-order chi connectivity index (χ0) is 19.5. The van der Waals surface area contributed by atoms with Crippen molar-refractivity contribution in [3.63, 3.8) is 0 Å². The van der Waals surface area contributed by atoms with Crippen molar-refractivity contribution in [2.45, 2.75) is 0 Å². The Balaban J connectivity index is 1.61. The molecule has 2 aromatic rings. The Labute approximate surface area is 175 Å². The fourth-order valence-corrected chi connectivity index (χ4v) is 4.75. The number of rotatable bonds is 3. The summed E-state index contributed by atoms with van der Waals surface area (Å²) in [7, 11) is 2.16. The van der Waals surface area contributed by atoms with Gasteiger partial charge in [0.1, 0.15) is 0 Å². The standard InChI is InChI=1S/C22H24ClN3OS/c1-24-9-11-25(12-10-24)20-8-3-2-5-17(20)15-21-22(27)26(13-14-28-21)19-7-4-6-18(23)16-19/h2-8,15-16H,9-14H2,1H3/b21-15-. The van der Waals surface area contributed by atoms with Crippen LogP contribution in [0.1, 0.15) is 5.56 Å². The lowest BCUT2D eigenvalue weighted by atomic mass is 10.1. The number of anilines is 2. The molecule has 0 aliphatic carbocycles. The smallest absolute Gasteiger partial charge is 0.264 e. The minimum atomic E-state index is 0.0479. The van der Waals surface area contributed by atoms with E-state index >= 15 is 0 Å². The van der Waals surface area contributed by atoms with Crippen molar-refractivity contribution < 1.29 is 4.79 Å². The van der Waals surface area contributed by atoms with Crippen LogP contribution in [0, 0.1) is 0 Å². The zero-order valence-corrected chi connectivity index (χ0v) is 17.5. The van der Waals surface area contributed by atoms with Crippen molar-refractivity contribution in [2.75, 3.05) is 55.3 Å². The van der Waals surface area contributed by atoms with Crippen LogP contribution >= 0.6 is 23.4 Å². The van der Waals surface area contributed by atoms with Crippen molar-refractivity contribution in [1.82, 2.24) is 4.90 Å². The maximum atomic E-state index is 13.1. The van der Waals surface area contributed by atoms with Gasteiger partial charge in [0.05, 0.1) is 4.91 Å². The van der Waals surface area contributed by atoms with Crippen LogP contribution in [0.4, 0.5) is 11.4 Å². The lowest BCUT2D eigenvalue weighted by molar-refractivity contribution is -0.114. The van der Waals surface area contributed by atoms with Gasteiger partial charge in [0.2, 0.25) is 0 Å². The number of hydrogen-bond acceptors (Lipinski definition) is 4. The van der Waals surface area contributed by atoms with Crippen LogP contribution in [0.25, 0.3) is 6.08 Å². The summed E-state index contributed by atoms with van der Waals surface area (Å²) < 4.78 is 0. The maximum Gasteiger partial charge on any atom is 0.264 e. The van der Waals surface area contributed by atoms with Crippen LogP contribution in [-0.4, -0.2) is 56.3 Å². The van der Waals surface area contributed by atoms with Gasteiger partial charge in [-0.05, 0) is 43.0 Å². The number of carbonyl (C=O) groups is 1. The number of para-hydroxylation sites is 1. The van der Waals surface area contributed by atoms with E-state index in [1.807, 2.05) is 35.2 Å². The number of carbonyl (C=O) groups excluding carboxylic acids is 1. The molecule has 2 aliphatic heterocycles. The lowest BCUT2D eigenvalue weighted by Gasteiger charge is -2.35. The highest BCUT2D eigenvalue weighted by Crippen LogP contribution is 2.33. The Bertz CT molecular complexity index is 893. The molecule has 0 unspecified atom stereocenters. The van der Waals surface area contributed by atoms with Crippen LogP contribution in [0.2, 0.25) is 5.02 Å². The van der Waals surface area contributed by atoms with Crippen molar-refractivity contribution in [3.8, 4) is 0 Å². The van der Waals surface area contributed by atoms with Gasteiger partial charge in [-0.3, -0.25) is 4.79 Å². The summed E-state index contributed by atoms with van der Waals surface area (Å²) in [5.41, 5.74) is 3.17. The number of benzene rings is 2. The summed E-state index contributed by atoms with van der Waals surface area (Å²) >= 11 is 7.76. The second-order valence-electron chi connectivity index (χ2n) is 7.14. The molecule has 4 rings (SSSR count). The van der Waals surface area contributed by atoms with E-state index in [2.05, 4.69) is 41.1 Å². The molecule has 0 spiro atoms. The van der Waals surface area contributed by atoms with Crippen molar-refractivity contribution in [1.29, 1.82) is 0 Å². The minimum Gasteiger partial charge on any atom is -0.368 e. The van der Waals surface area contributed by atoms with E-state index in [9.17, 15) is 4.79 Å². The third-order valence-corrected chi connectivity index (χ3v) is 6.44. The van der Waals surface area contributed by atoms with Crippen LogP contribution in [-0.2, 0) is 4.79 Å². The third kappa shape index (κ3) is 4.22. The average Bonchev–Trinajstić information content (AvgIpc) is 2.71. The fraction of sp³-hybridized carbons (Fsp3) is 0.318. The number of likely N-dealkylation sites (N-methyl/N-ethyl adjacent to an activating group) is 1. The predicted molar refractivity (Wildman–Crippen MR) is 120 cm³/mol. The van der Waals surface area contributed by atoms with Crippen molar-refractivity contribution in [3.05, 3.63) is 64.0 Å². The quantitative estimate of drug-likeness (QED) is 0.704. The normalized spacial score (nSPS) is 20.1. The molecule has 28 heavy (non-hydrogen) atoms. The number of thioether (sulfide) groups is 1. The molecular formula is C22H24ClN3OS. The number of hydrogen-bond donors (Lipinski definition) is 0. The van der Waals surface area contributed by atoms with E-state index < -0.39 is 0 Å². The van der Waals surface area contributed by atoms with E-state index in [1.54, 1.807) is 11.8 Å². The summed E-state index contributed by atoms with van der Waals surface area (Å²) in [6.07, 6.45) is 2.05. The summed E-state index contributed by atoms with van der Waals surface area (Å²) in [4.78, 5) is 20.5. The van der Waals surface area contributed by atoms with Gasteiger partial charge < -0.3 is 14.7 Å². The molecule has 2 heterocycles. The molecular weight excluding hydrogens is 390 g/mol. The Morgan fingerprint density at radius 2 is 1.79 bits per heavy atom. The molecule has 0 radical (unpaired) electrons. The Morgan fingerprint density at radius 1 is 1.00 bits per heavy atom. The van der Waals surface area contributed by atoms with Gasteiger partial charge in [0.15, 0.2) is 0 Å². The van der Waals surface area contributed by atoms with E-state index in [0.29, 0.717) is 11.6 Å². The molecule has 2 fully saturated rings. The summed E-state index contributed by atoms with van der Waals surface area (Å²) in [6.45, 7) is 4.82. The molecule has 0 bridgehead atoms. The van der Waals surface area contributed by atoms with E-state index in [0.717, 1.165) is 48.1 Å². The predicted octanol–water partition coefficient (Wildman–Crippen LogP) is 4.21. The molecule has 0 saturated carbocycles. The topological polar surface area (TPSA) is 26.8 Å². The molecule has 0 N–H and O–H groups in total. The van der Waals surface area contributed by atoms with Gasteiger partial charge in [-0.25, -0.2) is 0 Å². The lowest BCUT2D eigenvalue weighted by Crippen LogP contribution is -2.44. The van der Waals surface area contributed by atoms with E-state index in [4.69, 9.17) is 11.6 Å². The highest BCUT2D eigenvalue weighted by Gasteiger charge is 2.26. The number of amides is 1. The summed E-state index contributed by atoms with van der Waals surface area (Å²) in [5.74, 6) is 0.924. The molecule has 6 heteroatoms. The van der Waals surface area contributed by atoms with Gasteiger partial charge in [-0.1, -0.05) is 35.9 Å². The largest absolute Gasteiger partial charge is 0.368 e. The maximum absolute atomic E-state index is 13.1. The molecule has 1 amide bonds. The second kappa shape index (κ2) is 8.60. The molecule has 0 atom stereocenters. The highest BCUT2D eigenvalue weighted by molar-refractivity contribution is 8.04. The number of piperazine rings is 1. The third-order valence-electron chi connectivity index (χ3n) is 5.22. The first-order valence-electron chi connectivity index (χ1n) is 9.56. The Morgan fingerprint density at radius 3 is 2.57 bits per heavy atom. The molecule has 2 saturated heterocycles. The fourth-order valence-electron chi connectivity index (χ4n) is 3.62. The SMILES string of the molecule is CN1CCN(c2ccccc2/C=C2\SCCN(c3cccc(Cl)c3)C2=O)CC1. The number of halogens is 1. The molecule has 0 aromatic heterocycles. The van der Waals surface area contributed by atoms with Gasteiger partial charge in [-0.15, -0.1) is 11.8 Å². The second-order valence-corrected chi connectivity index (χ2v) is 8.72. The average molecular weight is 414 g/mol. The first-order chi connectivity index (χ1) is 13.6. The van der Waals surface area contributed by atoms with Gasteiger partial charge in [0.25, 0.3) is 5.91 Å². The van der Waals surface area contributed by atoms with Gasteiger partial charge >= 0.3 is 0 Å². The van der Waals surface area contributed by atoms with Crippen LogP contribution in [0.5, 0.6) is 0 Å². The van der Waals surface area contributed by atoms with Crippen LogP contribution in [0.15, 0.2) is 53.4 Å². The van der Waals surface area contributed by atoms with Crippen molar-refractivity contribution in [2.24, 2.45) is 0 Å². The molecule has 4 nitrogen and oxygen atoms in total. The Hall–Kier alpha value is -1.95.